The molecule has 0 bridgehead atoms. The van der Waals surface area contributed by atoms with Gasteiger partial charge in [0.15, 0.2) is 0 Å². The van der Waals surface area contributed by atoms with E-state index in [1.54, 1.807) is 36.4 Å². The molecule has 0 saturated carbocycles. The molecule has 34 heavy (non-hydrogen) atoms. The van der Waals surface area contributed by atoms with Crippen LogP contribution in [-0.4, -0.2) is 55.2 Å². The van der Waals surface area contributed by atoms with Gasteiger partial charge in [-0.2, -0.15) is 0 Å². The molecule has 1 fully saturated rings. The highest BCUT2D eigenvalue weighted by Gasteiger charge is 2.46. The lowest BCUT2D eigenvalue weighted by atomic mass is 9.95. The maximum Gasteiger partial charge on any atom is 0.295 e. The SMILES string of the molecule is CCOc1ccc(Cl)c(/C(O)=C2\C(=O)C(=O)N(CCOC)C2c2cccc(OCC(C)C)c2)c1. The molecule has 182 valence electrons. The lowest BCUT2D eigenvalue weighted by molar-refractivity contribution is -0.140. The van der Waals surface area contributed by atoms with Crippen molar-refractivity contribution in [1.82, 2.24) is 4.90 Å². The first-order valence-electron chi connectivity index (χ1n) is 11.2. The fourth-order valence-corrected chi connectivity index (χ4v) is 3.98. The van der Waals surface area contributed by atoms with E-state index < -0.39 is 17.7 Å². The molecule has 1 heterocycles. The third kappa shape index (κ3) is 5.54. The van der Waals surface area contributed by atoms with Crippen molar-refractivity contribution in [3.8, 4) is 11.5 Å². The van der Waals surface area contributed by atoms with Gasteiger partial charge in [0.2, 0.25) is 0 Å². The van der Waals surface area contributed by atoms with Crippen molar-refractivity contribution < 1.29 is 28.9 Å². The number of likely N-dealkylation sites (tertiary alicyclic amines) is 1. The number of nitrogens with zero attached hydrogens (tertiary/aromatic N) is 1. The molecule has 0 aliphatic carbocycles. The summed E-state index contributed by atoms with van der Waals surface area (Å²) in [5.74, 6) is -0.430. The van der Waals surface area contributed by atoms with E-state index in [-0.39, 0.29) is 35.1 Å². The Labute approximate surface area is 204 Å². The molecule has 2 aromatic rings. The van der Waals surface area contributed by atoms with E-state index in [4.69, 9.17) is 25.8 Å². The van der Waals surface area contributed by atoms with Gasteiger partial charge in [-0.1, -0.05) is 37.6 Å². The Morgan fingerprint density at radius 3 is 2.53 bits per heavy atom. The summed E-state index contributed by atoms with van der Waals surface area (Å²) in [6, 6.07) is 11.2. The number of halogens is 1. The minimum Gasteiger partial charge on any atom is -0.507 e. The van der Waals surface area contributed by atoms with Gasteiger partial charge in [0, 0.05) is 19.2 Å². The second kappa shape index (κ2) is 11.4. The maximum absolute atomic E-state index is 13.1. The Balaban J connectivity index is 2.14. The van der Waals surface area contributed by atoms with E-state index in [1.165, 1.54) is 12.0 Å². The van der Waals surface area contributed by atoms with Crippen LogP contribution >= 0.6 is 11.6 Å². The number of ether oxygens (including phenoxy) is 3. The number of aliphatic hydroxyl groups excluding tert-OH is 1. The largest absolute Gasteiger partial charge is 0.507 e. The Morgan fingerprint density at radius 1 is 1.12 bits per heavy atom. The van der Waals surface area contributed by atoms with E-state index in [9.17, 15) is 14.7 Å². The molecule has 1 amide bonds. The highest BCUT2D eigenvalue weighted by molar-refractivity contribution is 6.47. The van der Waals surface area contributed by atoms with Crippen LogP contribution in [0.2, 0.25) is 5.02 Å². The van der Waals surface area contributed by atoms with Gasteiger partial charge in [0.1, 0.15) is 17.3 Å². The molecule has 1 aliphatic rings. The Hall–Kier alpha value is -3.03. The number of Topliss-reactive ketones (excluding diaryl/α,β-unsaturated/α-hetero) is 1. The van der Waals surface area contributed by atoms with Crippen LogP contribution in [0.15, 0.2) is 48.0 Å². The highest BCUT2D eigenvalue weighted by atomic mass is 35.5. The van der Waals surface area contributed by atoms with Gasteiger partial charge in [0.05, 0.1) is 36.5 Å². The maximum atomic E-state index is 13.1. The van der Waals surface area contributed by atoms with E-state index in [1.807, 2.05) is 26.8 Å². The van der Waals surface area contributed by atoms with E-state index in [0.717, 1.165) is 0 Å². The summed E-state index contributed by atoms with van der Waals surface area (Å²) in [5, 5.41) is 11.5. The van der Waals surface area contributed by atoms with Gasteiger partial charge in [-0.3, -0.25) is 9.59 Å². The van der Waals surface area contributed by atoms with Crippen molar-refractivity contribution >= 4 is 29.1 Å². The lowest BCUT2D eigenvalue weighted by Gasteiger charge is -2.25. The lowest BCUT2D eigenvalue weighted by Crippen LogP contribution is -2.32. The van der Waals surface area contributed by atoms with Crippen LogP contribution in [0.5, 0.6) is 11.5 Å². The van der Waals surface area contributed by atoms with Gasteiger partial charge in [-0.25, -0.2) is 0 Å². The zero-order valence-corrected chi connectivity index (χ0v) is 20.6. The monoisotopic (exact) mass is 487 g/mol. The van der Waals surface area contributed by atoms with Crippen LogP contribution in [-0.2, 0) is 14.3 Å². The first-order chi connectivity index (χ1) is 16.3. The molecule has 1 saturated heterocycles. The number of amides is 1. The summed E-state index contributed by atoms with van der Waals surface area (Å²) >= 11 is 6.36. The summed E-state index contributed by atoms with van der Waals surface area (Å²) in [4.78, 5) is 27.5. The average molecular weight is 488 g/mol. The molecule has 0 aromatic heterocycles. The van der Waals surface area contributed by atoms with Gasteiger partial charge in [-0.15, -0.1) is 0 Å². The zero-order chi connectivity index (χ0) is 24.8. The van der Waals surface area contributed by atoms with Crippen molar-refractivity contribution in [2.24, 2.45) is 5.92 Å². The minimum atomic E-state index is -0.829. The zero-order valence-electron chi connectivity index (χ0n) is 19.8. The smallest absolute Gasteiger partial charge is 0.295 e. The molecule has 1 N–H and O–H groups in total. The molecule has 0 radical (unpaired) electrons. The number of ketones is 1. The third-order valence-corrected chi connectivity index (χ3v) is 5.67. The van der Waals surface area contributed by atoms with E-state index in [0.29, 0.717) is 36.2 Å². The molecule has 3 rings (SSSR count). The first kappa shape index (κ1) is 25.6. The van der Waals surface area contributed by atoms with Gasteiger partial charge >= 0.3 is 0 Å². The number of carbonyl (C=O) groups excluding carboxylic acids is 2. The standard InChI is InChI=1S/C26H30ClNO6/c1-5-33-19-9-10-21(27)20(14-19)24(29)22-23(28(11-12-32-4)26(31)25(22)30)17-7-6-8-18(13-17)34-15-16(2)3/h6-10,13-14,16,23,29H,5,11-12,15H2,1-4H3/b24-22+. The molecule has 7 nitrogen and oxygen atoms in total. The van der Waals surface area contributed by atoms with Gasteiger partial charge in [-0.05, 0) is 48.7 Å². The molecule has 1 atom stereocenters. The number of hydrogen-bond acceptors (Lipinski definition) is 6. The molecular formula is C26H30ClNO6. The van der Waals surface area contributed by atoms with Crippen LogP contribution in [0.4, 0.5) is 0 Å². The third-order valence-electron chi connectivity index (χ3n) is 5.34. The number of aliphatic hydroxyl groups is 1. The van der Waals surface area contributed by atoms with Crippen molar-refractivity contribution in [3.05, 3.63) is 64.2 Å². The topological polar surface area (TPSA) is 85.3 Å². The second-order valence-corrected chi connectivity index (χ2v) is 8.74. The van der Waals surface area contributed by atoms with Gasteiger partial charge < -0.3 is 24.2 Å². The van der Waals surface area contributed by atoms with Crippen LogP contribution < -0.4 is 9.47 Å². The predicted octanol–water partition coefficient (Wildman–Crippen LogP) is 4.84. The molecular weight excluding hydrogens is 458 g/mol. The van der Waals surface area contributed by atoms with Crippen molar-refractivity contribution in [2.75, 3.05) is 33.5 Å². The molecule has 1 aliphatic heterocycles. The number of carbonyl (C=O) groups is 2. The normalized spacial score (nSPS) is 17.5. The Bertz CT molecular complexity index is 1080. The van der Waals surface area contributed by atoms with Crippen LogP contribution in [0.3, 0.4) is 0 Å². The Kier molecular flexibility index (Phi) is 8.58. The molecule has 1 unspecified atom stereocenters. The summed E-state index contributed by atoms with van der Waals surface area (Å²) in [7, 11) is 1.52. The molecule has 8 heteroatoms. The molecule has 0 spiro atoms. The number of methoxy groups -OCH3 is 1. The van der Waals surface area contributed by atoms with Crippen molar-refractivity contribution in [3.63, 3.8) is 0 Å². The van der Waals surface area contributed by atoms with Crippen molar-refractivity contribution in [2.45, 2.75) is 26.8 Å². The fourth-order valence-electron chi connectivity index (χ4n) is 3.77. The minimum absolute atomic E-state index is 0.0438. The molecule has 2 aromatic carbocycles. The van der Waals surface area contributed by atoms with Gasteiger partial charge in [0.25, 0.3) is 11.7 Å². The highest BCUT2D eigenvalue weighted by Crippen LogP contribution is 2.41. The van der Waals surface area contributed by atoms with E-state index in [2.05, 4.69) is 0 Å². The summed E-state index contributed by atoms with van der Waals surface area (Å²) < 4.78 is 16.5. The summed E-state index contributed by atoms with van der Waals surface area (Å²) in [6.07, 6.45) is 0. The van der Waals surface area contributed by atoms with Crippen molar-refractivity contribution in [1.29, 1.82) is 0 Å². The summed E-state index contributed by atoms with van der Waals surface area (Å²) in [5.41, 5.74) is 0.808. The number of benzene rings is 2. The second-order valence-electron chi connectivity index (χ2n) is 8.34. The Morgan fingerprint density at radius 2 is 1.85 bits per heavy atom. The quantitative estimate of drug-likeness (QED) is 0.293. The first-order valence-corrected chi connectivity index (χ1v) is 11.6. The number of hydrogen-bond donors (Lipinski definition) is 1. The average Bonchev–Trinajstić information content (AvgIpc) is 3.07. The predicted molar refractivity (Wildman–Crippen MR) is 130 cm³/mol. The van der Waals surface area contributed by atoms with E-state index >= 15 is 0 Å². The summed E-state index contributed by atoms with van der Waals surface area (Å²) in [6.45, 7) is 7.27. The number of rotatable bonds is 10. The van der Waals surface area contributed by atoms with Crippen LogP contribution in [0.25, 0.3) is 5.76 Å². The fraction of sp³-hybridized carbons (Fsp3) is 0.385. The van der Waals surface area contributed by atoms with Crippen LogP contribution in [0.1, 0.15) is 37.9 Å². The van der Waals surface area contributed by atoms with Crippen LogP contribution in [0, 0.1) is 5.92 Å².